The second-order valence-corrected chi connectivity index (χ2v) is 7.27. The van der Waals surface area contributed by atoms with Crippen molar-refractivity contribution in [3.05, 3.63) is 63.6 Å². The maximum absolute atomic E-state index is 12.3. The molecule has 0 saturated heterocycles. The molecule has 5 heteroatoms. The van der Waals surface area contributed by atoms with Crippen molar-refractivity contribution in [3.8, 4) is 0 Å². The topological polar surface area (TPSA) is 46.2 Å². The van der Waals surface area contributed by atoms with Crippen LogP contribution >= 0.6 is 15.9 Å². The molecule has 0 aliphatic heterocycles. The third kappa shape index (κ3) is 3.48. The van der Waals surface area contributed by atoms with Crippen LogP contribution in [0.1, 0.15) is 16.7 Å². The van der Waals surface area contributed by atoms with Crippen molar-refractivity contribution in [1.82, 2.24) is 4.72 Å². The summed E-state index contributed by atoms with van der Waals surface area (Å²) >= 11 is 3.41. The zero-order chi connectivity index (χ0) is 14.8. The van der Waals surface area contributed by atoms with Gasteiger partial charge in [-0.05, 0) is 37.1 Å². The molecule has 0 aromatic heterocycles. The monoisotopic (exact) mass is 353 g/mol. The number of hydrogen-bond acceptors (Lipinski definition) is 2. The third-order valence-electron chi connectivity index (χ3n) is 3.03. The molecule has 106 valence electrons. The molecule has 2 aromatic carbocycles. The molecule has 0 bridgehead atoms. The van der Waals surface area contributed by atoms with Gasteiger partial charge in [0.2, 0.25) is 10.0 Å². The first-order valence-corrected chi connectivity index (χ1v) is 8.48. The summed E-state index contributed by atoms with van der Waals surface area (Å²) in [5.74, 6) is 0. The number of halogens is 1. The number of aryl methyl sites for hydroxylation is 2. The van der Waals surface area contributed by atoms with Crippen LogP contribution in [0, 0.1) is 13.8 Å². The van der Waals surface area contributed by atoms with E-state index in [-0.39, 0.29) is 6.54 Å². The Bertz CT molecular complexity index is 726. The second-order valence-electron chi connectivity index (χ2n) is 4.68. The van der Waals surface area contributed by atoms with E-state index in [0.29, 0.717) is 4.90 Å². The van der Waals surface area contributed by atoms with E-state index in [1.165, 1.54) is 0 Å². The molecule has 0 aliphatic carbocycles. The van der Waals surface area contributed by atoms with E-state index in [1.54, 1.807) is 19.1 Å². The molecule has 0 radical (unpaired) electrons. The van der Waals surface area contributed by atoms with Gasteiger partial charge in [-0.1, -0.05) is 51.8 Å². The van der Waals surface area contributed by atoms with Crippen LogP contribution in [0.4, 0.5) is 0 Å². The zero-order valence-corrected chi connectivity index (χ0v) is 13.8. The Kier molecular flexibility index (Phi) is 4.62. The highest BCUT2D eigenvalue weighted by atomic mass is 79.9. The van der Waals surface area contributed by atoms with Crippen LogP contribution in [-0.2, 0) is 16.6 Å². The highest BCUT2D eigenvalue weighted by Crippen LogP contribution is 2.19. The minimum atomic E-state index is -3.49. The first-order chi connectivity index (χ1) is 9.40. The van der Waals surface area contributed by atoms with Gasteiger partial charge < -0.3 is 0 Å². The van der Waals surface area contributed by atoms with Crippen LogP contribution in [0.5, 0.6) is 0 Å². The number of benzene rings is 2. The Labute approximate surface area is 128 Å². The Hall–Kier alpha value is -1.17. The van der Waals surface area contributed by atoms with Crippen molar-refractivity contribution in [2.24, 2.45) is 0 Å². The summed E-state index contributed by atoms with van der Waals surface area (Å²) in [5.41, 5.74) is 2.71. The van der Waals surface area contributed by atoms with Gasteiger partial charge in [-0.15, -0.1) is 0 Å². The van der Waals surface area contributed by atoms with E-state index in [9.17, 15) is 8.42 Å². The fraction of sp³-hybridized carbons (Fsp3) is 0.200. The predicted molar refractivity (Wildman–Crippen MR) is 84.1 cm³/mol. The Morgan fingerprint density at radius 3 is 2.45 bits per heavy atom. The quantitative estimate of drug-likeness (QED) is 0.913. The van der Waals surface area contributed by atoms with E-state index in [4.69, 9.17) is 0 Å². The lowest BCUT2D eigenvalue weighted by molar-refractivity contribution is 0.580. The molecule has 2 rings (SSSR count). The van der Waals surface area contributed by atoms with Crippen molar-refractivity contribution in [3.63, 3.8) is 0 Å². The van der Waals surface area contributed by atoms with Gasteiger partial charge >= 0.3 is 0 Å². The van der Waals surface area contributed by atoms with E-state index in [1.807, 2.05) is 37.3 Å². The summed E-state index contributed by atoms with van der Waals surface area (Å²) in [6.07, 6.45) is 0. The van der Waals surface area contributed by atoms with Gasteiger partial charge in [0.15, 0.2) is 0 Å². The normalized spacial score (nSPS) is 11.6. The minimum Gasteiger partial charge on any atom is -0.207 e. The van der Waals surface area contributed by atoms with Gasteiger partial charge in [0.1, 0.15) is 0 Å². The Balaban J connectivity index is 2.22. The molecular formula is C15H16BrNO2S. The van der Waals surface area contributed by atoms with Gasteiger partial charge in [0.05, 0.1) is 4.90 Å². The van der Waals surface area contributed by atoms with Crippen LogP contribution in [0.25, 0.3) is 0 Å². The number of sulfonamides is 1. The molecule has 0 heterocycles. The van der Waals surface area contributed by atoms with Gasteiger partial charge in [0.25, 0.3) is 0 Å². The smallest absolute Gasteiger partial charge is 0.207 e. The molecule has 0 unspecified atom stereocenters. The van der Waals surface area contributed by atoms with E-state index >= 15 is 0 Å². The lowest BCUT2D eigenvalue weighted by Gasteiger charge is -2.10. The van der Waals surface area contributed by atoms with Crippen molar-refractivity contribution >= 4 is 26.0 Å². The molecule has 1 N–H and O–H groups in total. The second kappa shape index (κ2) is 6.08. The largest absolute Gasteiger partial charge is 0.241 e. The number of rotatable bonds is 4. The van der Waals surface area contributed by atoms with Gasteiger partial charge in [-0.25, -0.2) is 13.1 Å². The van der Waals surface area contributed by atoms with E-state index in [0.717, 1.165) is 21.2 Å². The average molecular weight is 354 g/mol. The van der Waals surface area contributed by atoms with Crippen molar-refractivity contribution in [1.29, 1.82) is 0 Å². The van der Waals surface area contributed by atoms with Crippen LogP contribution < -0.4 is 4.72 Å². The van der Waals surface area contributed by atoms with Crippen LogP contribution in [-0.4, -0.2) is 8.42 Å². The minimum absolute atomic E-state index is 0.261. The average Bonchev–Trinajstić information content (AvgIpc) is 2.37. The molecule has 2 aromatic rings. The van der Waals surface area contributed by atoms with E-state index < -0.39 is 10.0 Å². The summed E-state index contributed by atoms with van der Waals surface area (Å²) in [6, 6.07) is 12.9. The molecule has 0 spiro atoms. The van der Waals surface area contributed by atoms with Crippen molar-refractivity contribution < 1.29 is 8.42 Å². The maximum atomic E-state index is 12.3. The standard InChI is InChI=1S/C15H16BrNO2S/c1-11-7-8-15(12(2)9-11)20(18,19)17-10-13-5-3-4-6-14(13)16/h3-9,17H,10H2,1-2H3. The van der Waals surface area contributed by atoms with Crippen LogP contribution in [0.2, 0.25) is 0 Å². The van der Waals surface area contributed by atoms with Gasteiger partial charge in [-0.3, -0.25) is 0 Å². The third-order valence-corrected chi connectivity index (χ3v) is 5.37. The lowest BCUT2D eigenvalue weighted by atomic mass is 10.2. The first kappa shape index (κ1) is 15.2. The van der Waals surface area contributed by atoms with Gasteiger partial charge in [-0.2, -0.15) is 0 Å². The number of hydrogen-bond donors (Lipinski definition) is 1. The highest BCUT2D eigenvalue weighted by molar-refractivity contribution is 9.10. The molecular weight excluding hydrogens is 338 g/mol. The fourth-order valence-electron chi connectivity index (χ4n) is 1.99. The zero-order valence-electron chi connectivity index (χ0n) is 11.4. The van der Waals surface area contributed by atoms with Crippen LogP contribution in [0.15, 0.2) is 51.8 Å². The Morgan fingerprint density at radius 1 is 1.10 bits per heavy atom. The molecule has 20 heavy (non-hydrogen) atoms. The van der Waals surface area contributed by atoms with E-state index in [2.05, 4.69) is 20.7 Å². The Morgan fingerprint density at radius 2 is 1.80 bits per heavy atom. The summed E-state index contributed by atoms with van der Waals surface area (Å²) in [7, 11) is -3.49. The molecule has 0 saturated carbocycles. The molecule has 3 nitrogen and oxygen atoms in total. The first-order valence-electron chi connectivity index (χ1n) is 6.20. The molecule has 0 fully saturated rings. The summed E-state index contributed by atoms with van der Waals surface area (Å²) in [4.78, 5) is 0.329. The van der Waals surface area contributed by atoms with Crippen LogP contribution in [0.3, 0.4) is 0 Å². The summed E-state index contributed by atoms with van der Waals surface area (Å²) in [6.45, 7) is 4.01. The van der Waals surface area contributed by atoms with Crippen molar-refractivity contribution in [2.45, 2.75) is 25.3 Å². The highest BCUT2D eigenvalue weighted by Gasteiger charge is 2.16. The summed E-state index contributed by atoms with van der Waals surface area (Å²) < 4.78 is 28.2. The molecule has 0 atom stereocenters. The number of nitrogens with one attached hydrogen (secondary N) is 1. The lowest BCUT2D eigenvalue weighted by Crippen LogP contribution is -2.24. The summed E-state index contributed by atoms with van der Waals surface area (Å²) in [5, 5.41) is 0. The van der Waals surface area contributed by atoms with Gasteiger partial charge in [0, 0.05) is 11.0 Å². The molecule has 0 aliphatic rings. The SMILES string of the molecule is Cc1ccc(S(=O)(=O)NCc2ccccc2Br)c(C)c1. The van der Waals surface area contributed by atoms with Crippen molar-refractivity contribution in [2.75, 3.05) is 0 Å². The molecule has 0 amide bonds. The predicted octanol–water partition coefficient (Wildman–Crippen LogP) is 3.54. The maximum Gasteiger partial charge on any atom is 0.241 e. The fourth-order valence-corrected chi connectivity index (χ4v) is 3.65.